The van der Waals surface area contributed by atoms with Gasteiger partial charge in [0.1, 0.15) is 6.10 Å². The molecule has 7 nitrogen and oxygen atoms in total. The molecule has 1 aromatic heterocycles. The van der Waals surface area contributed by atoms with E-state index in [0.717, 1.165) is 32.2 Å². The lowest BCUT2D eigenvalue weighted by Crippen LogP contribution is -2.46. The van der Waals surface area contributed by atoms with E-state index in [1.807, 2.05) is 0 Å². The number of hydrogen-bond acceptors (Lipinski definition) is 5. The number of carbonyl (C=O) groups is 1. The highest BCUT2D eigenvalue weighted by Crippen LogP contribution is 2.59. The fraction of sp³-hybridized carbons (Fsp3) is 0.520. The van der Waals surface area contributed by atoms with Crippen molar-refractivity contribution in [1.82, 2.24) is 10.3 Å². The van der Waals surface area contributed by atoms with Crippen molar-refractivity contribution in [2.45, 2.75) is 70.5 Å². The Hall–Kier alpha value is -2.99. The number of nitrogens with two attached hydrogens (primary N) is 1. The van der Waals surface area contributed by atoms with E-state index in [4.69, 9.17) is 15.2 Å². The summed E-state index contributed by atoms with van der Waals surface area (Å²) in [6.45, 7) is 6.75. The van der Waals surface area contributed by atoms with Crippen molar-refractivity contribution >= 4 is 5.91 Å². The number of rotatable bonds is 6. The van der Waals surface area contributed by atoms with Crippen LogP contribution in [0.1, 0.15) is 68.3 Å². The molecule has 37 heavy (non-hydrogen) atoms. The molecule has 1 aliphatic heterocycles. The van der Waals surface area contributed by atoms with Gasteiger partial charge in [0, 0.05) is 40.4 Å². The number of carbonyl (C=O) groups excluding carboxylic acids is 1. The summed E-state index contributed by atoms with van der Waals surface area (Å²) in [7, 11) is 1.08. The summed E-state index contributed by atoms with van der Waals surface area (Å²) < 4.78 is 81.7. The molecule has 1 fully saturated rings. The van der Waals surface area contributed by atoms with E-state index in [1.54, 1.807) is 6.92 Å². The van der Waals surface area contributed by atoms with Crippen molar-refractivity contribution in [2.75, 3.05) is 7.11 Å². The number of hydrogen-bond donors (Lipinski definition) is 3. The van der Waals surface area contributed by atoms with Gasteiger partial charge in [-0.1, -0.05) is 13.0 Å². The van der Waals surface area contributed by atoms with Crippen LogP contribution in [0.2, 0.25) is 0 Å². The monoisotopic (exact) mass is 531 g/mol. The number of amides is 1. The molecule has 4 N–H and O–H groups in total. The standard InChI is InChI=1S/C25H30F5N3O4/c1-10-18(14-7-8-15(26)20(27)21(14)36-6)22(37-24(10,5)25(28,29)30)16-9-17(34)19(12(3)32-16)13(4)33-23(35)11(2)31/h7-11,13,18,22H,31H2,1-6H3,(H,32,34)(H,33,35)/t10-,11-,13+,18-,22-,24+/m0/s1. The van der Waals surface area contributed by atoms with Crippen LogP contribution < -0.4 is 21.2 Å². The molecule has 0 unspecified atom stereocenters. The average molecular weight is 532 g/mol. The summed E-state index contributed by atoms with van der Waals surface area (Å²) in [6, 6.07) is 1.49. The third-order valence-corrected chi connectivity index (χ3v) is 7.11. The van der Waals surface area contributed by atoms with Crippen LogP contribution in [-0.2, 0) is 9.53 Å². The van der Waals surface area contributed by atoms with Crippen LogP contribution in [0.4, 0.5) is 22.0 Å². The van der Waals surface area contributed by atoms with Crippen molar-refractivity contribution in [3.05, 3.63) is 62.6 Å². The molecule has 0 radical (unpaired) electrons. The van der Waals surface area contributed by atoms with Crippen LogP contribution in [0.15, 0.2) is 23.0 Å². The Kier molecular flexibility index (Phi) is 7.76. The second kappa shape index (κ2) is 10.1. The molecule has 1 aromatic carbocycles. The molecule has 0 bridgehead atoms. The van der Waals surface area contributed by atoms with Crippen molar-refractivity contribution in [2.24, 2.45) is 11.7 Å². The molecule has 1 aliphatic rings. The number of aromatic amines is 1. The number of aryl methyl sites for hydroxylation is 1. The van der Waals surface area contributed by atoms with Gasteiger partial charge in [0.15, 0.2) is 22.6 Å². The molecular formula is C25H30F5N3O4. The van der Waals surface area contributed by atoms with E-state index in [2.05, 4.69) is 10.3 Å². The lowest BCUT2D eigenvalue weighted by Gasteiger charge is -2.32. The van der Waals surface area contributed by atoms with Gasteiger partial charge in [-0.2, -0.15) is 17.6 Å². The minimum absolute atomic E-state index is 0.00795. The van der Waals surface area contributed by atoms with E-state index < -0.39 is 70.5 Å². The Labute approximate surface area is 210 Å². The predicted octanol–water partition coefficient (Wildman–Crippen LogP) is 4.31. The number of H-pyrrole nitrogens is 1. The largest absolute Gasteiger partial charge is 0.493 e. The number of pyridine rings is 1. The zero-order chi connectivity index (χ0) is 28.0. The zero-order valence-corrected chi connectivity index (χ0v) is 21.2. The molecule has 3 rings (SSSR count). The predicted molar refractivity (Wildman–Crippen MR) is 125 cm³/mol. The minimum atomic E-state index is -4.82. The summed E-state index contributed by atoms with van der Waals surface area (Å²) in [5.74, 6) is -6.06. The van der Waals surface area contributed by atoms with Crippen molar-refractivity contribution in [1.29, 1.82) is 0 Å². The summed E-state index contributed by atoms with van der Waals surface area (Å²) in [6.07, 6.45) is -6.21. The molecule has 12 heteroatoms. The summed E-state index contributed by atoms with van der Waals surface area (Å²) >= 11 is 0. The van der Waals surface area contributed by atoms with Crippen LogP contribution in [0, 0.1) is 24.5 Å². The SMILES string of the molecule is COc1c([C@H]2[C@H](c3cc(=O)c([C@@H](C)NC(=O)[C@H](C)N)c(C)[nH]3)O[C@@](C)(C(F)(F)F)[C@H]2C)ccc(F)c1F. The van der Waals surface area contributed by atoms with E-state index >= 15 is 0 Å². The highest BCUT2D eigenvalue weighted by Gasteiger charge is 2.65. The van der Waals surface area contributed by atoms with Crippen LogP contribution in [0.25, 0.3) is 0 Å². The van der Waals surface area contributed by atoms with Crippen molar-refractivity contribution in [3.8, 4) is 5.75 Å². The van der Waals surface area contributed by atoms with Gasteiger partial charge in [-0.15, -0.1) is 0 Å². The van der Waals surface area contributed by atoms with Crippen LogP contribution in [0.5, 0.6) is 5.75 Å². The highest BCUT2D eigenvalue weighted by atomic mass is 19.4. The summed E-state index contributed by atoms with van der Waals surface area (Å²) in [5, 5.41) is 2.61. The van der Waals surface area contributed by atoms with Gasteiger partial charge in [0.25, 0.3) is 0 Å². The van der Waals surface area contributed by atoms with Crippen LogP contribution in [-0.4, -0.2) is 35.8 Å². The first-order valence-electron chi connectivity index (χ1n) is 11.6. The molecule has 6 atom stereocenters. The number of aromatic nitrogens is 1. The third kappa shape index (κ3) is 4.96. The third-order valence-electron chi connectivity index (χ3n) is 7.11. The summed E-state index contributed by atoms with van der Waals surface area (Å²) in [5.41, 5.74) is 2.77. The van der Waals surface area contributed by atoms with Gasteiger partial charge in [-0.3, -0.25) is 9.59 Å². The van der Waals surface area contributed by atoms with E-state index in [9.17, 15) is 31.5 Å². The Morgan fingerprint density at radius 3 is 2.41 bits per heavy atom. The maximum atomic E-state index is 14.6. The Balaban J connectivity index is 2.17. The minimum Gasteiger partial charge on any atom is -0.493 e. The fourth-order valence-electron chi connectivity index (χ4n) is 4.91. The zero-order valence-electron chi connectivity index (χ0n) is 21.2. The number of ether oxygens (including phenoxy) is 2. The van der Waals surface area contributed by atoms with Gasteiger partial charge in [0.05, 0.1) is 19.2 Å². The van der Waals surface area contributed by atoms with Crippen molar-refractivity contribution in [3.63, 3.8) is 0 Å². The Morgan fingerprint density at radius 2 is 1.89 bits per heavy atom. The quantitative estimate of drug-likeness (QED) is 0.482. The van der Waals surface area contributed by atoms with E-state index in [1.165, 1.54) is 20.8 Å². The number of methoxy groups -OCH3 is 1. The Morgan fingerprint density at radius 1 is 1.27 bits per heavy atom. The molecular weight excluding hydrogens is 501 g/mol. The second-order valence-corrected chi connectivity index (χ2v) is 9.59. The molecule has 0 aliphatic carbocycles. The van der Waals surface area contributed by atoms with Gasteiger partial charge in [-0.25, -0.2) is 4.39 Å². The number of alkyl halides is 3. The number of benzene rings is 1. The first kappa shape index (κ1) is 28.6. The smallest absolute Gasteiger partial charge is 0.417 e. The molecule has 2 aromatic rings. The van der Waals surface area contributed by atoms with Crippen molar-refractivity contribution < 1.29 is 36.2 Å². The fourth-order valence-corrected chi connectivity index (χ4v) is 4.91. The van der Waals surface area contributed by atoms with Gasteiger partial charge < -0.3 is 25.5 Å². The maximum absolute atomic E-state index is 14.6. The lowest BCUT2D eigenvalue weighted by atomic mass is 9.76. The van der Waals surface area contributed by atoms with E-state index in [-0.39, 0.29) is 22.5 Å². The second-order valence-electron chi connectivity index (χ2n) is 9.59. The first-order chi connectivity index (χ1) is 17.0. The van der Waals surface area contributed by atoms with Crippen LogP contribution >= 0.6 is 0 Å². The average Bonchev–Trinajstić information content (AvgIpc) is 3.06. The highest BCUT2D eigenvalue weighted by molar-refractivity contribution is 5.81. The topological polar surface area (TPSA) is 106 Å². The van der Waals surface area contributed by atoms with Gasteiger partial charge in [0.2, 0.25) is 11.7 Å². The molecule has 1 amide bonds. The molecule has 2 heterocycles. The van der Waals surface area contributed by atoms with Gasteiger partial charge >= 0.3 is 6.18 Å². The summed E-state index contributed by atoms with van der Waals surface area (Å²) in [4.78, 5) is 28.0. The number of nitrogens with one attached hydrogen (secondary N) is 2. The molecule has 0 saturated carbocycles. The maximum Gasteiger partial charge on any atom is 0.417 e. The lowest BCUT2D eigenvalue weighted by molar-refractivity contribution is -0.275. The van der Waals surface area contributed by atoms with Gasteiger partial charge in [-0.05, 0) is 33.8 Å². The Bertz CT molecular complexity index is 1250. The first-order valence-corrected chi connectivity index (χ1v) is 11.6. The molecule has 0 spiro atoms. The van der Waals surface area contributed by atoms with Crippen LogP contribution in [0.3, 0.4) is 0 Å². The van der Waals surface area contributed by atoms with E-state index in [0.29, 0.717) is 0 Å². The molecule has 204 valence electrons. The molecule has 1 saturated heterocycles. The normalized spacial score (nSPS) is 25.6. The number of halogens is 5.